The number of hydrogen-bond acceptors (Lipinski definition) is 4. The van der Waals surface area contributed by atoms with E-state index in [1.165, 1.54) is 33.1 Å². The number of carbonyl (C=O) groups excluding carboxylic acids is 3. The highest BCUT2D eigenvalue weighted by Crippen LogP contribution is 2.25. The van der Waals surface area contributed by atoms with Crippen molar-refractivity contribution in [1.82, 2.24) is 0 Å². The Balaban J connectivity index is 2.23. The summed E-state index contributed by atoms with van der Waals surface area (Å²) in [6, 6.07) is 9.21. The monoisotopic (exact) mass is 376 g/mol. The highest BCUT2D eigenvalue weighted by atomic mass is 19.1. The fraction of sp³-hybridized carbons (Fsp3) is 0.211. The van der Waals surface area contributed by atoms with Gasteiger partial charge in [-0.05, 0) is 38.1 Å². The van der Waals surface area contributed by atoms with E-state index in [1.54, 1.807) is 12.1 Å². The normalized spacial score (nSPS) is 10.9. The molecular weight excluding hydrogens is 358 g/mol. The van der Waals surface area contributed by atoms with Gasteiger partial charge in [-0.3, -0.25) is 9.59 Å². The predicted octanol–water partition coefficient (Wildman–Crippen LogP) is 3.35. The van der Waals surface area contributed by atoms with Crippen LogP contribution in [0.2, 0.25) is 0 Å². The van der Waals surface area contributed by atoms with Crippen LogP contribution in [0.25, 0.3) is 0 Å². The number of ether oxygens (including phenoxy) is 1. The van der Waals surface area contributed by atoms with E-state index in [4.69, 9.17) is 0 Å². The van der Waals surface area contributed by atoms with Crippen LogP contribution < -0.4 is 10.6 Å². The van der Waals surface area contributed by atoms with Gasteiger partial charge in [-0.25, -0.2) is 13.6 Å². The number of nitrogens with one attached hydrogen (secondary N) is 2. The molecule has 0 aliphatic heterocycles. The molecule has 2 N–H and O–H groups in total. The zero-order valence-electron chi connectivity index (χ0n) is 14.9. The van der Waals surface area contributed by atoms with Crippen LogP contribution in [-0.2, 0) is 14.3 Å². The zero-order chi connectivity index (χ0) is 20.2. The quantitative estimate of drug-likeness (QED) is 0.619. The van der Waals surface area contributed by atoms with Crippen LogP contribution in [0.5, 0.6) is 0 Å². The number of hydrogen-bond donors (Lipinski definition) is 2. The molecule has 0 heterocycles. The molecule has 0 saturated heterocycles. The highest BCUT2D eigenvalue weighted by molar-refractivity contribution is 6.15. The van der Waals surface area contributed by atoms with E-state index in [-0.39, 0.29) is 11.3 Å². The van der Waals surface area contributed by atoms with Crippen LogP contribution >= 0.6 is 0 Å². The van der Waals surface area contributed by atoms with E-state index in [9.17, 15) is 23.2 Å². The second-order valence-corrected chi connectivity index (χ2v) is 6.17. The summed E-state index contributed by atoms with van der Waals surface area (Å²) in [6.07, 6.45) is 0. The van der Waals surface area contributed by atoms with Crippen LogP contribution in [0.3, 0.4) is 0 Å². The lowest BCUT2D eigenvalue weighted by molar-refractivity contribution is -0.135. The van der Waals surface area contributed by atoms with E-state index in [0.29, 0.717) is 0 Å². The maximum Gasteiger partial charge on any atom is 0.339 e. The van der Waals surface area contributed by atoms with Crippen LogP contribution in [0, 0.1) is 17.0 Å². The summed E-state index contributed by atoms with van der Waals surface area (Å²) in [7, 11) is 1.20. The molecule has 142 valence electrons. The van der Waals surface area contributed by atoms with Crippen molar-refractivity contribution in [2.75, 3.05) is 17.7 Å². The van der Waals surface area contributed by atoms with Gasteiger partial charge in [0.2, 0.25) is 11.8 Å². The lowest BCUT2D eigenvalue weighted by Crippen LogP contribution is -2.42. The highest BCUT2D eigenvalue weighted by Gasteiger charge is 2.37. The minimum absolute atomic E-state index is 0.102. The molecule has 0 unspecified atom stereocenters. The van der Waals surface area contributed by atoms with Crippen molar-refractivity contribution in [3.05, 3.63) is 59.7 Å². The average Bonchev–Trinajstić information content (AvgIpc) is 2.64. The standard InChI is InChI=1S/C19H18F2N2O4/c1-19(2,18(26)23-15-12(20)8-6-9-13(15)21)17(25)22-14-10-5-4-7-11(14)16(24)27-3/h4-10H,1-3H3,(H,22,25)(H,23,26). The molecular formula is C19H18F2N2O4. The Hall–Kier alpha value is -3.29. The summed E-state index contributed by atoms with van der Waals surface area (Å²) in [6.45, 7) is 2.58. The van der Waals surface area contributed by atoms with Gasteiger partial charge in [0, 0.05) is 0 Å². The molecule has 2 aromatic rings. The van der Waals surface area contributed by atoms with Gasteiger partial charge in [-0.15, -0.1) is 0 Å². The van der Waals surface area contributed by atoms with E-state index < -0.39 is 40.5 Å². The molecule has 0 spiro atoms. The molecule has 0 fully saturated rings. The summed E-state index contributed by atoms with van der Waals surface area (Å²) in [4.78, 5) is 36.8. The number of benzene rings is 2. The lowest BCUT2D eigenvalue weighted by Gasteiger charge is -2.23. The van der Waals surface area contributed by atoms with Gasteiger partial charge in [-0.1, -0.05) is 18.2 Å². The number of para-hydroxylation sites is 2. The Morgan fingerprint density at radius 1 is 0.889 bits per heavy atom. The number of halogens is 2. The summed E-state index contributed by atoms with van der Waals surface area (Å²) in [5.41, 5.74) is -2.09. The van der Waals surface area contributed by atoms with Crippen molar-refractivity contribution in [2.24, 2.45) is 5.41 Å². The molecule has 8 heteroatoms. The third-order valence-electron chi connectivity index (χ3n) is 3.92. The number of amides is 2. The summed E-state index contributed by atoms with van der Waals surface area (Å²) in [5, 5.41) is 4.57. The van der Waals surface area contributed by atoms with Crippen molar-refractivity contribution < 1.29 is 27.9 Å². The molecule has 2 amide bonds. The van der Waals surface area contributed by atoms with E-state index in [1.807, 2.05) is 0 Å². The van der Waals surface area contributed by atoms with Crippen molar-refractivity contribution >= 4 is 29.2 Å². The topological polar surface area (TPSA) is 84.5 Å². The Bertz CT molecular complexity index is 877. The fourth-order valence-corrected chi connectivity index (χ4v) is 2.15. The molecule has 0 atom stereocenters. The molecule has 0 aliphatic rings. The fourth-order valence-electron chi connectivity index (χ4n) is 2.15. The van der Waals surface area contributed by atoms with Gasteiger partial charge < -0.3 is 15.4 Å². The number of carbonyl (C=O) groups is 3. The first-order chi connectivity index (χ1) is 12.7. The second kappa shape index (κ2) is 7.94. The molecule has 0 radical (unpaired) electrons. The summed E-state index contributed by atoms with van der Waals surface area (Å²) < 4.78 is 32.1. The maximum absolute atomic E-state index is 13.7. The molecule has 2 aromatic carbocycles. The number of methoxy groups -OCH3 is 1. The van der Waals surface area contributed by atoms with Gasteiger partial charge in [0.15, 0.2) is 0 Å². The molecule has 0 saturated carbocycles. The maximum atomic E-state index is 13.7. The first-order valence-corrected chi connectivity index (χ1v) is 7.92. The third kappa shape index (κ3) is 4.28. The molecule has 6 nitrogen and oxygen atoms in total. The Morgan fingerprint density at radius 2 is 1.44 bits per heavy atom. The van der Waals surface area contributed by atoms with Crippen LogP contribution in [0.1, 0.15) is 24.2 Å². The van der Waals surface area contributed by atoms with Gasteiger partial charge in [0.1, 0.15) is 22.7 Å². The minimum Gasteiger partial charge on any atom is -0.465 e. The first kappa shape index (κ1) is 20.0. The number of anilines is 2. The third-order valence-corrected chi connectivity index (χ3v) is 3.92. The minimum atomic E-state index is -1.70. The smallest absolute Gasteiger partial charge is 0.339 e. The van der Waals surface area contributed by atoms with Crippen LogP contribution in [-0.4, -0.2) is 24.9 Å². The van der Waals surface area contributed by atoms with Crippen molar-refractivity contribution in [3.8, 4) is 0 Å². The van der Waals surface area contributed by atoms with Gasteiger partial charge in [0.25, 0.3) is 0 Å². The van der Waals surface area contributed by atoms with Gasteiger partial charge >= 0.3 is 5.97 Å². The van der Waals surface area contributed by atoms with Crippen molar-refractivity contribution in [2.45, 2.75) is 13.8 Å². The summed E-state index contributed by atoms with van der Waals surface area (Å²) >= 11 is 0. The van der Waals surface area contributed by atoms with E-state index in [2.05, 4.69) is 15.4 Å². The summed E-state index contributed by atoms with van der Waals surface area (Å²) in [5.74, 6) is -4.28. The zero-order valence-corrected chi connectivity index (χ0v) is 14.9. The molecule has 0 aromatic heterocycles. The predicted molar refractivity (Wildman–Crippen MR) is 95.2 cm³/mol. The Kier molecular flexibility index (Phi) is 5.89. The van der Waals surface area contributed by atoms with Crippen LogP contribution in [0.15, 0.2) is 42.5 Å². The van der Waals surface area contributed by atoms with E-state index in [0.717, 1.165) is 18.2 Å². The van der Waals surface area contributed by atoms with Crippen LogP contribution in [0.4, 0.5) is 20.2 Å². The van der Waals surface area contributed by atoms with Gasteiger partial charge in [0.05, 0.1) is 18.4 Å². The van der Waals surface area contributed by atoms with Crippen molar-refractivity contribution in [3.63, 3.8) is 0 Å². The lowest BCUT2D eigenvalue weighted by atomic mass is 9.90. The molecule has 0 bridgehead atoms. The number of rotatable bonds is 5. The van der Waals surface area contributed by atoms with E-state index >= 15 is 0 Å². The number of esters is 1. The largest absolute Gasteiger partial charge is 0.465 e. The second-order valence-electron chi connectivity index (χ2n) is 6.17. The SMILES string of the molecule is COC(=O)c1ccccc1NC(=O)C(C)(C)C(=O)Nc1c(F)cccc1F. The van der Waals surface area contributed by atoms with Gasteiger partial charge in [-0.2, -0.15) is 0 Å². The Labute approximate surface area is 154 Å². The molecule has 0 aliphatic carbocycles. The average molecular weight is 376 g/mol. The Morgan fingerprint density at radius 3 is 2.04 bits per heavy atom. The molecule has 2 rings (SSSR count). The molecule has 27 heavy (non-hydrogen) atoms. The van der Waals surface area contributed by atoms with Crippen molar-refractivity contribution in [1.29, 1.82) is 0 Å². The first-order valence-electron chi connectivity index (χ1n) is 7.92.